The predicted molar refractivity (Wildman–Crippen MR) is 130 cm³/mol. The van der Waals surface area contributed by atoms with Crippen molar-refractivity contribution in [3.63, 3.8) is 0 Å². The summed E-state index contributed by atoms with van der Waals surface area (Å²) in [5.74, 6) is 1.98. The lowest BCUT2D eigenvalue weighted by atomic mass is 10.1. The van der Waals surface area contributed by atoms with Crippen LogP contribution in [0, 0.1) is 5.82 Å². The summed E-state index contributed by atoms with van der Waals surface area (Å²) in [6.07, 6.45) is 4.23. The number of hydrogen-bond donors (Lipinski definition) is 2. The lowest BCUT2D eigenvalue weighted by Crippen LogP contribution is -2.39. The summed E-state index contributed by atoms with van der Waals surface area (Å²) in [6, 6.07) is 12.5. The number of hydrogen-bond acceptors (Lipinski definition) is 4. The molecule has 6 nitrogen and oxygen atoms in total. The zero-order valence-electron chi connectivity index (χ0n) is 17.4. The summed E-state index contributed by atoms with van der Waals surface area (Å²) < 4.78 is 24.1. The van der Waals surface area contributed by atoms with Gasteiger partial charge >= 0.3 is 0 Å². The van der Waals surface area contributed by atoms with Gasteiger partial charge in [-0.15, -0.1) is 24.0 Å². The smallest absolute Gasteiger partial charge is 0.226 e. The highest BCUT2D eigenvalue weighted by Crippen LogP contribution is 2.25. The second-order valence-corrected chi connectivity index (χ2v) is 7.12. The van der Waals surface area contributed by atoms with Crippen molar-refractivity contribution in [1.82, 2.24) is 15.6 Å². The summed E-state index contributed by atoms with van der Waals surface area (Å²) in [4.78, 5) is 8.73. The average Bonchev–Trinajstić information content (AvgIpc) is 3.42. The minimum atomic E-state index is -0.279. The van der Waals surface area contributed by atoms with Crippen LogP contribution in [0.2, 0.25) is 0 Å². The Kier molecular flexibility index (Phi) is 8.27. The van der Waals surface area contributed by atoms with Crippen LogP contribution in [0.3, 0.4) is 0 Å². The molecule has 0 spiro atoms. The van der Waals surface area contributed by atoms with E-state index in [-0.39, 0.29) is 29.8 Å². The molecule has 0 radical (unpaired) electrons. The fourth-order valence-corrected chi connectivity index (χ4v) is 3.40. The fourth-order valence-electron chi connectivity index (χ4n) is 3.40. The Hall–Kier alpha value is -2.62. The Morgan fingerprint density at radius 3 is 2.65 bits per heavy atom. The molecule has 2 aromatic carbocycles. The van der Waals surface area contributed by atoms with Crippen molar-refractivity contribution in [3.05, 3.63) is 71.4 Å². The Labute approximate surface area is 198 Å². The SMILES string of the molecule is CN=C(NCCc1ccc2c(c1)CCO2)NCCc1coc(-c2ccc(F)cc2)n1.I. The monoisotopic (exact) mass is 536 g/mol. The Bertz CT molecular complexity index is 1020. The molecule has 0 atom stereocenters. The maximum absolute atomic E-state index is 13.0. The molecule has 0 aliphatic carbocycles. The van der Waals surface area contributed by atoms with E-state index in [1.54, 1.807) is 25.4 Å². The topological polar surface area (TPSA) is 71.7 Å². The number of oxazole rings is 1. The Morgan fingerprint density at radius 2 is 1.87 bits per heavy atom. The van der Waals surface area contributed by atoms with E-state index in [4.69, 9.17) is 9.15 Å². The zero-order valence-corrected chi connectivity index (χ0v) is 19.7. The first kappa shape index (κ1) is 23.1. The van der Waals surface area contributed by atoms with Crippen molar-refractivity contribution in [2.24, 2.45) is 4.99 Å². The van der Waals surface area contributed by atoms with Crippen LogP contribution >= 0.6 is 24.0 Å². The van der Waals surface area contributed by atoms with Crippen LogP contribution in [0.5, 0.6) is 5.75 Å². The minimum Gasteiger partial charge on any atom is -0.493 e. The van der Waals surface area contributed by atoms with Crippen LogP contribution in [0.15, 0.2) is 58.1 Å². The van der Waals surface area contributed by atoms with Crippen molar-refractivity contribution in [2.75, 3.05) is 26.7 Å². The third-order valence-electron chi connectivity index (χ3n) is 5.00. The lowest BCUT2D eigenvalue weighted by molar-refractivity contribution is 0.357. The number of fused-ring (bicyclic) bond motifs is 1. The van der Waals surface area contributed by atoms with Gasteiger partial charge in [0.2, 0.25) is 5.89 Å². The number of ether oxygens (including phenoxy) is 1. The molecule has 3 aromatic rings. The summed E-state index contributed by atoms with van der Waals surface area (Å²) in [7, 11) is 1.75. The molecule has 0 saturated heterocycles. The van der Waals surface area contributed by atoms with Gasteiger partial charge in [-0.2, -0.15) is 0 Å². The number of aromatic nitrogens is 1. The average molecular weight is 536 g/mol. The number of halogens is 2. The quantitative estimate of drug-likeness (QED) is 0.272. The van der Waals surface area contributed by atoms with Crippen molar-refractivity contribution < 1.29 is 13.5 Å². The largest absolute Gasteiger partial charge is 0.493 e. The van der Waals surface area contributed by atoms with Gasteiger partial charge in [-0.1, -0.05) is 12.1 Å². The number of aliphatic imine (C=N–C) groups is 1. The second kappa shape index (κ2) is 11.1. The maximum atomic E-state index is 13.0. The van der Waals surface area contributed by atoms with E-state index < -0.39 is 0 Å². The molecule has 1 aromatic heterocycles. The molecule has 4 rings (SSSR count). The molecule has 0 saturated carbocycles. The highest BCUT2D eigenvalue weighted by molar-refractivity contribution is 14.0. The molecule has 8 heteroatoms. The standard InChI is InChI=1S/C23H25FN4O2.HI/c1-25-23(26-11-8-16-2-7-21-18(14-16)10-13-29-21)27-12-9-20-15-30-22(28-20)17-3-5-19(24)6-4-17;/h2-7,14-15H,8-13H2,1H3,(H2,25,26,27);1H. The van der Waals surface area contributed by atoms with Crippen LogP contribution in [0.4, 0.5) is 4.39 Å². The van der Waals surface area contributed by atoms with E-state index in [1.165, 1.54) is 23.3 Å². The van der Waals surface area contributed by atoms with Crippen LogP contribution in [-0.2, 0) is 19.3 Å². The van der Waals surface area contributed by atoms with Gasteiger partial charge in [-0.05, 0) is 47.9 Å². The van der Waals surface area contributed by atoms with E-state index in [1.807, 2.05) is 0 Å². The minimum absolute atomic E-state index is 0. The molecule has 0 bridgehead atoms. The first-order chi connectivity index (χ1) is 14.7. The van der Waals surface area contributed by atoms with E-state index in [2.05, 4.69) is 38.8 Å². The van der Waals surface area contributed by atoms with Gasteiger partial charge in [-0.25, -0.2) is 9.37 Å². The first-order valence-electron chi connectivity index (χ1n) is 10.1. The van der Waals surface area contributed by atoms with Gasteiger partial charge in [0.25, 0.3) is 0 Å². The fraction of sp³-hybridized carbons (Fsp3) is 0.304. The van der Waals surface area contributed by atoms with E-state index in [0.717, 1.165) is 49.0 Å². The molecule has 0 fully saturated rings. The molecule has 2 N–H and O–H groups in total. The third kappa shape index (κ3) is 6.19. The van der Waals surface area contributed by atoms with Gasteiger partial charge in [-0.3, -0.25) is 4.99 Å². The predicted octanol–water partition coefficient (Wildman–Crippen LogP) is 3.98. The summed E-state index contributed by atoms with van der Waals surface area (Å²) in [5.41, 5.74) is 4.17. The lowest BCUT2D eigenvalue weighted by Gasteiger charge is -2.11. The van der Waals surface area contributed by atoms with Gasteiger partial charge < -0.3 is 19.8 Å². The van der Waals surface area contributed by atoms with E-state index >= 15 is 0 Å². The highest BCUT2D eigenvalue weighted by Gasteiger charge is 2.12. The number of guanidine groups is 1. The number of rotatable bonds is 7. The van der Waals surface area contributed by atoms with Crippen molar-refractivity contribution in [1.29, 1.82) is 0 Å². The van der Waals surface area contributed by atoms with Crippen LogP contribution in [0.1, 0.15) is 16.8 Å². The zero-order chi connectivity index (χ0) is 20.8. The van der Waals surface area contributed by atoms with Gasteiger partial charge in [0.1, 0.15) is 17.8 Å². The van der Waals surface area contributed by atoms with E-state index in [9.17, 15) is 4.39 Å². The molecule has 1 aliphatic heterocycles. The molecular formula is C23H26FIN4O2. The molecule has 31 heavy (non-hydrogen) atoms. The van der Waals surface area contributed by atoms with E-state index in [0.29, 0.717) is 18.9 Å². The molecule has 2 heterocycles. The highest BCUT2D eigenvalue weighted by atomic mass is 127. The van der Waals surface area contributed by atoms with Crippen molar-refractivity contribution >= 4 is 29.9 Å². The van der Waals surface area contributed by atoms with Crippen molar-refractivity contribution in [2.45, 2.75) is 19.3 Å². The van der Waals surface area contributed by atoms with Gasteiger partial charge in [0.05, 0.1) is 12.3 Å². The molecular weight excluding hydrogens is 510 g/mol. The van der Waals surface area contributed by atoms with Crippen LogP contribution in [0.25, 0.3) is 11.5 Å². The summed E-state index contributed by atoms with van der Waals surface area (Å²) in [5, 5.41) is 6.63. The van der Waals surface area contributed by atoms with Crippen molar-refractivity contribution in [3.8, 4) is 17.2 Å². The molecule has 164 valence electrons. The van der Waals surface area contributed by atoms with Gasteiger partial charge in [0.15, 0.2) is 5.96 Å². The Morgan fingerprint density at radius 1 is 1.10 bits per heavy atom. The molecule has 0 amide bonds. The number of nitrogens with one attached hydrogen (secondary N) is 2. The van der Waals surface area contributed by atoms with Crippen LogP contribution < -0.4 is 15.4 Å². The van der Waals surface area contributed by atoms with Crippen LogP contribution in [-0.4, -0.2) is 37.7 Å². The number of benzene rings is 2. The molecule has 0 unspecified atom stereocenters. The Balaban J connectivity index is 0.00000272. The number of nitrogens with zero attached hydrogens (tertiary/aromatic N) is 2. The molecule has 1 aliphatic rings. The maximum Gasteiger partial charge on any atom is 0.226 e. The van der Waals surface area contributed by atoms with Gasteiger partial charge in [0, 0.05) is 38.5 Å². The normalized spacial score (nSPS) is 12.6. The third-order valence-corrected chi connectivity index (χ3v) is 5.00. The second-order valence-electron chi connectivity index (χ2n) is 7.12. The summed E-state index contributed by atoms with van der Waals surface area (Å²) in [6.45, 7) is 2.24. The first-order valence-corrected chi connectivity index (χ1v) is 10.1. The summed E-state index contributed by atoms with van der Waals surface area (Å²) >= 11 is 0.